The zero-order chi connectivity index (χ0) is 18.3. The molecule has 2 aromatic carbocycles. The van der Waals surface area contributed by atoms with Gasteiger partial charge < -0.3 is 10.1 Å². The molecule has 0 atom stereocenters. The molecule has 0 saturated heterocycles. The molecule has 0 spiro atoms. The van der Waals surface area contributed by atoms with Gasteiger partial charge in [0, 0.05) is 4.47 Å². The third kappa shape index (κ3) is 5.84. The molecule has 0 bridgehead atoms. The van der Waals surface area contributed by atoms with E-state index in [0.717, 1.165) is 16.6 Å². The zero-order valence-corrected chi connectivity index (χ0v) is 14.4. The standard InChI is InChI=1S/C18H13BrF3NO2/c19-13-6-5-7-14(12-13)25-11-4-3-10-23-17(24)15-8-1-2-9-16(15)18(20,21)22/h1-2,5-9,12H,10-11H2,(H,23,24). The van der Waals surface area contributed by atoms with Crippen molar-refractivity contribution in [3.05, 3.63) is 64.1 Å². The minimum Gasteiger partial charge on any atom is -0.481 e. The Labute approximate surface area is 151 Å². The summed E-state index contributed by atoms with van der Waals surface area (Å²) in [6, 6.07) is 11.8. The zero-order valence-electron chi connectivity index (χ0n) is 12.9. The van der Waals surface area contributed by atoms with E-state index in [1.165, 1.54) is 12.1 Å². The van der Waals surface area contributed by atoms with Crippen molar-refractivity contribution in [2.75, 3.05) is 13.2 Å². The van der Waals surface area contributed by atoms with E-state index in [1.807, 2.05) is 12.1 Å². The molecule has 130 valence electrons. The van der Waals surface area contributed by atoms with Gasteiger partial charge in [0.05, 0.1) is 17.7 Å². The lowest BCUT2D eigenvalue weighted by Crippen LogP contribution is -2.26. The van der Waals surface area contributed by atoms with Crippen LogP contribution in [-0.4, -0.2) is 19.1 Å². The smallest absolute Gasteiger partial charge is 0.417 e. The van der Waals surface area contributed by atoms with Gasteiger partial charge in [0.1, 0.15) is 12.4 Å². The van der Waals surface area contributed by atoms with Crippen LogP contribution in [0.25, 0.3) is 0 Å². The SMILES string of the molecule is O=C(NCC#CCOc1cccc(Br)c1)c1ccccc1C(F)(F)F. The first kappa shape index (κ1) is 18.9. The predicted molar refractivity (Wildman–Crippen MR) is 91.2 cm³/mol. The minimum atomic E-state index is -4.59. The second-order valence-electron chi connectivity index (χ2n) is 4.83. The number of halogens is 4. The number of hydrogen-bond acceptors (Lipinski definition) is 2. The van der Waals surface area contributed by atoms with Crippen LogP contribution in [0.3, 0.4) is 0 Å². The van der Waals surface area contributed by atoms with Gasteiger partial charge in [-0.2, -0.15) is 13.2 Å². The van der Waals surface area contributed by atoms with Crippen LogP contribution in [0.2, 0.25) is 0 Å². The van der Waals surface area contributed by atoms with Crippen molar-refractivity contribution in [3.63, 3.8) is 0 Å². The van der Waals surface area contributed by atoms with Crippen LogP contribution in [0.1, 0.15) is 15.9 Å². The van der Waals surface area contributed by atoms with Gasteiger partial charge in [-0.3, -0.25) is 4.79 Å². The summed E-state index contributed by atoms with van der Waals surface area (Å²) >= 11 is 3.31. The molecule has 2 rings (SSSR count). The lowest BCUT2D eigenvalue weighted by molar-refractivity contribution is -0.137. The third-order valence-corrected chi connectivity index (χ3v) is 3.54. The quantitative estimate of drug-likeness (QED) is 0.762. The van der Waals surface area contributed by atoms with E-state index in [1.54, 1.807) is 12.1 Å². The molecular formula is C18H13BrF3NO2. The molecule has 0 fully saturated rings. The summed E-state index contributed by atoms with van der Waals surface area (Å²) in [5, 5.41) is 2.34. The van der Waals surface area contributed by atoms with Crippen LogP contribution in [0.15, 0.2) is 53.0 Å². The maximum Gasteiger partial charge on any atom is 0.417 e. The Bertz CT molecular complexity index is 810. The third-order valence-electron chi connectivity index (χ3n) is 3.05. The Balaban J connectivity index is 1.86. The number of hydrogen-bond donors (Lipinski definition) is 1. The summed E-state index contributed by atoms with van der Waals surface area (Å²) in [4.78, 5) is 11.9. The van der Waals surface area contributed by atoms with E-state index < -0.39 is 23.2 Å². The molecule has 1 N–H and O–H groups in total. The van der Waals surface area contributed by atoms with Crippen LogP contribution in [0.4, 0.5) is 13.2 Å². The van der Waals surface area contributed by atoms with E-state index in [2.05, 4.69) is 33.1 Å². The molecule has 0 saturated carbocycles. The largest absolute Gasteiger partial charge is 0.481 e. The van der Waals surface area contributed by atoms with Crippen molar-refractivity contribution in [1.29, 1.82) is 0 Å². The molecule has 0 unspecified atom stereocenters. The van der Waals surface area contributed by atoms with E-state index in [-0.39, 0.29) is 13.2 Å². The summed E-state index contributed by atoms with van der Waals surface area (Å²) in [5.41, 5.74) is -1.40. The lowest BCUT2D eigenvalue weighted by Gasteiger charge is -2.11. The number of carbonyl (C=O) groups excluding carboxylic acids is 1. The van der Waals surface area contributed by atoms with Gasteiger partial charge >= 0.3 is 6.18 Å². The molecule has 0 aliphatic heterocycles. The average Bonchev–Trinajstić information content (AvgIpc) is 2.57. The van der Waals surface area contributed by atoms with Gasteiger partial charge in [0.15, 0.2) is 0 Å². The highest BCUT2D eigenvalue weighted by atomic mass is 79.9. The summed E-state index contributed by atoms with van der Waals surface area (Å²) in [7, 11) is 0. The Morgan fingerprint density at radius 3 is 2.60 bits per heavy atom. The fourth-order valence-corrected chi connectivity index (χ4v) is 2.32. The lowest BCUT2D eigenvalue weighted by atomic mass is 10.1. The van der Waals surface area contributed by atoms with Gasteiger partial charge in [-0.05, 0) is 30.3 Å². The first-order chi connectivity index (χ1) is 11.9. The van der Waals surface area contributed by atoms with E-state index >= 15 is 0 Å². The highest BCUT2D eigenvalue weighted by Gasteiger charge is 2.34. The van der Waals surface area contributed by atoms with Gasteiger partial charge in [-0.25, -0.2) is 0 Å². The average molecular weight is 412 g/mol. The molecule has 0 radical (unpaired) electrons. The maximum absolute atomic E-state index is 12.9. The van der Waals surface area contributed by atoms with Gasteiger partial charge in [-0.15, -0.1) is 0 Å². The monoisotopic (exact) mass is 411 g/mol. The first-order valence-electron chi connectivity index (χ1n) is 7.16. The number of benzene rings is 2. The summed E-state index contributed by atoms with van der Waals surface area (Å²) in [6.07, 6.45) is -4.59. The van der Waals surface area contributed by atoms with Crippen molar-refractivity contribution in [1.82, 2.24) is 5.32 Å². The Morgan fingerprint density at radius 1 is 1.12 bits per heavy atom. The topological polar surface area (TPSA) is 38.3 Å². The van der Waals surface area contributed by atoms with Crippen LogP contribution in [0.5, 0.6) is 5.75 Å². The molecular weight excluding hydrogens is 399 g/mol. The number of amides is 1. The Morgan fingerprint density at radius 2 is 1.88 bits per heavy atom. The van der Waals surface area contributed by atoms with E-state index in [9.17, 15) is 18.0 Å². The summed E-state index contributed by atoms with van der Waals surface area (Å²) < 4.78 is 44.8. The summed E-state index contributed by atoms with van der Waals surface area (Å²) in [6.45, 7) is 0.0261. The fraction of sp³-hybridized carbons (Fsp3) is 0.167. The number of rotatable bonds is 4. The van der Waals surface area contributed by atoms with Crippen molar-refractivity contribution < 1.29 is 22.7 Å². The molecule has 0 aliphatic rings. The normalized spacial score (nSPS) is 10.6. The molecule has 0 heterocycles. The fourth-order valence-electron chi connectivity index (χ4n) is 1.94. The molecule has 0 aromatic heterocycles. The second kappa shape index (κ2) is 8.58. The van der Waals surface area contributed by atoms with Gasteiger partial charge in [0.2, 0.25) is 0 Å². The number of nitrogens with one attached hydrogen (secondary N) is 1. The Hall–Kier alpha value is -2.46. The van der Waals surface area contributed by atoms with E-state index in [0.29, 0.717) is 5.75 Å². The minimum absolute atomic E-state index is 0.0765. The summed E-state index contributed by atoms with van der Waals surface area (Å²) in [5.74, 6) is 5.12. The Kier molecular flexibility index (Phi) is 6.48. The molecule has 2 aromatic rings. The van der Waals surface area contributed by atoms with E-state index in [4.69, 9.17) is 4.74 Å². The van der Waals surface area contributed by atoms with Crippen molar-refractivity contribution in [2.45, 2.75) is 6.18 Å². The molecule has 1 amide bonds. The number of carbonyl (C=O) groups is 1. The van der Waals surface area contributed by atoms with Crippen molar-refractivity contribution in [2.24, 2.45) is 0 Å². The van der Waals surface area contributed by atoms with Crippen LogP contribution >= 0.6 is 15.9 Å². The van der Waals surface area contributed by atoms with Crippen molar-refractivity contribution in [3.8, 4) is 17.6 Å². The highest BCUT2D eigenvalue weighted by molar-refractivity contribution is 9.10. The molecule has 7 heteroatoms. The first-order valence-corrected chi connectivity index (χ1v) is 7.96. The highest BCUT2D eigenvalue weighted by Crippen LogP contribution is 2.31. The second-order valence-corrected chi connectivity index (χ2v) is 5.74. The molecule has 0 aliphatic carbocycles. The van der Waals surface area contributed by atoms with Crippen molar-refractivity contribution >= 4 is 21.8 Å². The molecule has 25 heavy (non-hydrogen) atoms. The van der Waals surface area contributed by atoms with Gasteiger partial charge in [-0.1, -0.05) is 46.0 Å². The van der Waals surface area contributed by atoms with Crippen LogP contribution in [0, 0.1) is 11.8 Å². The van der Waals surface area contributed by atoms with Crippen LogP contribution in [-0.2, 0) is 6.18 Å². The van der Waals surface area contributed by atoms with Crippen LogP contribution < -0.4 is 10.1 Å². The van der Waals surface area contributed by atoms with Gasteiger partial charge in [0.25, 0.3) is 5.91 Å². The number of alkyl halides is 3. The molecule has 3 nitrogen and oxygen atoms in total. The number of ether oxygens (including phenoxy) is 1. The maximum atomic E-state index is 12.9. The predicted octanol–water partition coefficient (Wildman–Crippen LogP) is 4.28.